The normalized spacial score (nSPS) is 10.3. The van der Waals surface area contributed by atoms with Gasteiger partial charge in [-0.05, 0) is 49.2 Å². The summed E-state index contributed by atoms with van der Waals surface area (Å²) in [5.74, 6) is 0.972. The maximum atomic E-state index is 12.3. The predicted molar refractivity (Wildman–Crippen MR) is 112 cm³/mol. The summed E-state index contributed by atoms with van der Waals surface area (Å²) in [4.78, 5) is 23.8. The van der Waals surface area contributed by atoms with Crippen LogP contribution in [0.1, 0.15) is 33.3 Å². The largest absolute Gasteiger partial charge is 0.496 e. The molecular formula is C22H22N4O3. The van der Waals surface area contributed by atoms with Crippen LogP contribution in [-0.4, -0.2) is 35.5 Å². The Morgan fingerprint density at radius 3 is 2.55 bits per heavy atom. The molecule has 0 unspecified atom stereocenters. The van der Waals surface area contributed by atoms with Gasteiger partial charge in [0.15, 0.2) is 11.5 Å². The SMILES string of the molecule is COc1ccccc1CCNc1ccc(C(=O)Nc2cccc(C(C)=O)c2)nn1. The Bertz CT molecular complexity index is 1000. The Kier molecular flexibility index (Phi) is 6.52. The number of rotatable bonds is 8. The molecule has 0 radical (unpaired) electrons. The van der Waals surface area contributed by atoms with Crippen LogP contribution in [0, 0.1) is 0 Å². The number of carbonyl (C=O) groups excluding carboxylic acids is 2. The minimum Gasteiger partial charge on any atom is -0.496 e. The molecule has 148 valence electrons. The number of methoxy groups -OCH3 is 1. The number of ether oxygens (including phenoxy) is 1. The summed E-state index contributed by atoms with van der Waals surface area (Å²) in [6.45, 7) is 2.13. The Hall–Kier alpha value is -3.74. The summed E-state index contributed by atoms with van der Waals surface area (Å²) in [7, 11) is 1.65. The van der Waals surface area contributed by atoms with E-state index in [1.54, 1.807) is 43.5 Å². The lowest BCUT2D eigenvalue weighted by Crippen LogP contribution is -2.15. The van der Waals surface area contributed by atoms with Crippen LogP contribution in [-0.2, 0) is 6.42 Å². The van der Waals surface area contributed by atoms with Gasteiger partial charge in [-0.25, -0.2) is 0 Å². The van der Waals surface area contributed by atoms with E-state index < -0.39 is 5.91 Å². The van der Waals surface area contributed by atoms with E-state index in [0.717, 1.165) is 17.7 Å². The zero-order valence-corrected chi connectivity index (χ0v) is 16.3. The molecule has 1 aromatic heterocycles. The lowest BCUT2D eigenvalue weighted by atomic mass is 10.1. The van der Waals surface area contributed by atoms with Crippen molar-refractivity contribution in [2.75, 3.05) is 24.3 Å². The molecule has 0 aliphatic heterocycles. The van der Waals surface area contributed by atoms with Crippen LogP contribution in [0.5, 0.6) is 5.75 Å². The van der Waals surface area contributed by atoms with Crippen LogP contribution >= 0.6 is 0 Å². The fourth-order valence-corrected chi connectivity index (χ4v) is 2.79. The fourth-order valence-electron chi connectivity index (χ4n) is 2.79. The van der Waals surface area contributed by atoms with E-state index >= 15 is 0 Å². The van der Waals surface area contributed by atoms with Gasteiger partial charge < -0.3 is 15.4 Å². The molecule has 0 fully saturated rings. The van der Waals surface area contributed by atoms with E-state index in [4.69, 9.17) is 4.74 Å². The highest BCUT2D eigenvalue weighted by molar-refractivity contribution is 6.03. The van der Waals surface area contributed by atoms with Gasteiger partial charge in [-0.3, -0.25) is 9.59 Å². The number of amides is 1. The number of para-hydroxylation sites is 1. The van der Waals surface area contributed by atoms with Crippen molar-refractivity contribution in [1.82, 2.24) is 10.2 Å². The van der Waals surface area contributed by atoms with Gasteiger partial charge in [-0.15, -0.1) is 10.2 Å². The van der Waals surface area contributed by atoms with Crippen LogP contribution < -0.4 is 15.4 Å². The van der Waals surface area contributed by atoms with Gasteiger partial charge in [-0.2, -0.15) is 0 Å². The van der Waals surface area contributed by atoms with E-state index in [1.807, 2.05) is 24.3 Å². The zero-order chi connectivity index (χ0) is 20.6. The molecule has 3 rings (SSSR count). The molecule has 0 spiro atoms. The van der Waals surface area contributed by atoms with Crippen molar-refractivity contribution >= 4 is 23.2 Å². The molecule has 0 atom stereocenters. The Morgan fingerprint density at radius 1 is 1.00 bits per heavy atom. The minimum atomic E-state index is -0.390. The second-order valence-corrected chi connectivity index (χ2v) is 6.38. The molecule has 29 heavy (non-hydrogen) atoms. The molecule has 0 bridgehead atoms. The third-order valence-corrected chi connectivity index (χ3v) is 4.32. The van der Waals surface area contributed by atoms with E-state index in [1.165, 1.54) is 6.92 Å². The number of anilines is 2. The van der Waals surface area contributed by atoms with E-state index in [9.17, 15) is 9.59 Å². The summed E-state index contributed by atoms with van der Waals surface area (Å²) in [6, 6.07) is 17.9. The Morgan fingerprint density at radius 2 is 1.83 bits per heavy atom. The summed E-state index contributed by atoms with van der Waals surface area (Å²) in [5, 5.41) is 13.9. The zero-order valence-electron chi connectivity index (χ0n) is 16.3. The lowest BCUT2D eigenvalue weighted by Gasteiger charge is -2.09. The minimum absolute atomic E-state index is 0.0653. The van der Waals surface area contributed by atoms with E-state index in [-0.39, 0.29) is 11.5 Å². The molecule has 2 aromatic carbocycles. The van der Waals surface area contributed by atoms with Crippen LogP contribution in [0.4, 0.5) is 11.5 Å². The number of ketones is 1. The standard InChI is InChI=1S/C22H22N4O3/c1-15(27)17-7-5-8-18(14-17)24-22(28)19-10-11-21(26-25-19)23-13-12-16-6-3-4-9-20(16)29-2/h3-11,14H,12-13H2,1-2H3,(H,23,26)(H,24,28). The molecule has 2 N–H and O–H groups in total. The van der Waals surface area contributed by atoms with Crippen molar-refractivity contribution in [2.24, 2.45) is 0 Å². The summed E-state index contributed by atoms with van der Waals surface area (Å²) < 4.78 is 5.34. The quantitative estimate of drug-likeness (QED) is 0.571. The predicted octanol–water partition coefficient (Wildman–Crippen LogP) is 3.59. The molecule has 0 aliphatic carbocycles. The maximum Gasteiger partial charge on any atom is 0.276 e. The van der Waals surface area contributed by atoms with Crippen molar-refractivity contribution in [2.45, 2.75) is 13.3 Å². The Balaban J connectivity index is 1.56. The van der Waals surface area contributed by atoms with Crippen molar-refractivity contribution in [1.29, 1.82) is 0 Å². The first-order valence-electron chi connectivity index (χ1n) is 9.18. The van der Waals surface area contributed by atoms with Crippen LogP contribution in [0.3, 0.4) is 0 Å². The highest BCUT2D eigenvalue weighted by atomic mass is 16.5. The average molecular weight is 390 g/mol. The van der Waals surface area contributed by atoms with Gasteiger partial charge in [0.2, 0.25) is 0 Å². The molecule has 0 aliphatic rings. The van der Waals surface area contributed by atoms with Gasteiger partial charge in [0, 0.05) is 17.8 Å². The van der Waals surface area contributed by atoms with Gasteiger partial charge in [0.1, 0.15) is 11.6 Å². The number of hydrogen-bond donors (Lipinski definition) is 2. The topological polar surface area (TPSA) is 93.2 Å². The van der Waals surface area contributed by atoms with Gasteiger partial charge in [0.05, 0.1) is 7.11 Å². The first kappa shape index (κ1) is 20.0. The van der Waals surface area contributed by atoms with E-state index in [2.05, 4.69) is 20.8 Å². The van der Waals surface area contributed by atoms with Crippen LogP contribution in [0.25, 0.3) is 0 Å². The number of benzene rings is 2. The van der Waals surface area contributed by atoms with Gasteiger partial charge in [-0.1, -0.05) is 30.3 Å². The number of carbonyl (C=O) groups is 2. The lowest BCUT2D eigenvalue weighted by molar-refractivity contribution is 0.100. The van der Waals surface area contributed by atoms with Crippen molar-refractivity contribution in [3.8, 4) is 5.75 Å². The Labute approximate surface area is 169 Å². The molecule has 1 heterocycles. The summed E-state index contributed by atoms with van der Waals surface area (Å²) >= 11 is 0. The first-order chi connectivity index (χ1) is 14.1. The highest BCUT2D eigenvalue weighted by Gasteiger charge is 2.10. The molecule has 1 amide bonds. The summed E-state index contributed by atoms with van der Waals surface area (Å²) in [5.41, 5.74) is 2.35. The first-order valence-corrected chi connectivity index (χ1v) is 9.18. The van der Waals surface area contributed by atoms with Gasteiger partial charge in [0.25, 0.3) is 5.91 Å². The van der Waals surface area contributed by atoms with Crippen LogP contribution in [0.15, 0.2) is 60.7 Å². The molecule has 7 heteroatoms. The molecule has 0 saturated heterocycles. The monoisotopic (exact) mass is 390 g/mol. The number of hydrogen-bond acceptors (Lipinski definition) is 6. The number of nitrogens with one attached hydrogen (secondary N) is 2. The number of nitrogens with zero attached hydrogens (tertiary/aromatic N) is 2. The third-order valence-electron chi connectivity index (χ3n) is 4.32. The number of aromatic nitrogens is 2. The van der Waals surface area contributed by atoms with Crippen molar-refractivity contribution in [3.63, 3.8) is 0 Å². The summed E-state index contributed by atoms with van der Waals surface area (Å²) in [6.07, 6.45) is 0.764. The maximum absolute atomic E-state index is 12.3. The number of Topliss-reactive ketones (excluding diaryl/α,β-unsaturated/α-hetero) is 1. The third kappa shape index (κ3) is 5.38. The highest BCUT2D eigenvalue weighted by Crippen LogP contribution is 2.18. The molecule has 7 nitrogen and oxygen atoms in total. The molecule has 3 aromatic rings. The van der Waals surface area contributed by atoms with E-state index in [0.29, 0.717) is 23.6 Å². The van der Waals surface area contributed by atoms with Gasteiger partial charge >= 0.3 is 0 Å². The second kappa shape index (κ2) is 9.45. The van der Waals surface area contributed by atoms with Crippen LogP contribution in [0.2, 0.25) is 0 Å². The molecular weight excluding hydrogens is 368 g/mol. The second-order valence-electron chi connectivity index (χ2n) is 6.38. The fraction of sp³-hybridized carbons (Fsp3) is 0.182. The smallest absolute Gasteiger partial charge is 0.276 e. The average Bonchev–Trinajstić information content (AvgIpc) is 2.74. The molecule has 0 saturated carbocycles. The van der Waals surface area contributed by atoms with Crippen molar-refractivity contribution in [3.05, 3.63) is 77.5 Å². The van der Waals surface area contributed by atoms with Crippen molar-refractivity contribution < 1.29 is 14.3 Å².